The molecule has 0 spiro atoms. The van der Waals surface area contributed by atoms with Crippen LogP contribution in [0, 0.1) is 6.92 Å². The molecule has 0 atom stereocenters. The number of imidazole rings is 1. The van der Waals surface area contributed by atoms with Gasteiger partial charge in [0.2, 0.25) is 5.95 Å². The summed E-state index contributed by atoms with van der Waals surface area (Å²) in [5.74, 6) is 1.61. The number of anilines is 1. The Morgan fingerprint density at radius 2 is 1.92 bits per heavy atom. The quantitative estimate of drug-likeness (QED) is 0.422. The summed E-state index contributed by atoms with van der Waals surface area (Å²) in [5.41, 5.74) is 4.58. The van der Waals surface area contributed by atoms with Crippen molar-refractivity contribution in [2.75, 3.05) is 45.3 Å². The van der Waals surface area contributed by atoms with E-state index in [9.17, 15) is 0 Å². The summed E-state index contributed by atoms with van der Waals surface area (Å²) in [5, 5.41) is 8.33. The fraction of sp³-hybridized carbons (Fsp3) is 0.538. The number of aryl methyl sites for hydroxylation is 1. The van der Waals surface area contributed by atoms with Crippen LogP contribution in [0.3, 0.4) is 0 Å². The van der Waals surface area contributed by atoms with Gasteiger partial charge in [0.05, 0.1) is 37.2 Å². The number of rotatable bonds is 7. The Labute approximate surface area is 210 Å². The Morgan fingerprint density at radius 1 is 1.08 bits per heavy atom. The molecule has 190 valence electrons. The minimum atomic E-state index is 0.412. The van der Waals surface area contributed by atoms with Gasteiger partial charge in [0.25, 0.3) is 0 Å². The molecule has 4 aromatic heterocycles. The molecule has 0 aromatic carbocycles. The van der Waals surface area contributed by atoms with Crippen molar-refractivity contribution in [1.29, 1.82) is 0 Å². The summed E-state index contributed by atoms with van der Waals surface area (Å²) < 4.78 is 14.8. The molecule has 4 aromatic rings. The second kappa shape index (κ2) is 10.1. The number of nitrogens with zero attached hydrogens (tertiary/aromatic N) is 7. The van der Waals surface area contributed by atoms with Gasteiger partial charge in [0.15, 0.2) is 5.65 Å². The molecule has 1 N–H and O–H groups in total. The number of ether oxygens (including phenoxy) is 2. The Morgan fingerprint density at radius 3 is 2.72 bits per heavy atom. The first kappa shape index (κ1) is 23.3. The van der Waals surface area contributed by atoms with Crippen molar-refractivity contribution < 1.29 is 9.47 Å². The predicted octanol–water partition coefficient (Wildman–Crippen LogP) is 3.15. The first-order valence-corrected chi connectivity index (χ1v) is 13.0. The normalized spacial score (nSPS) is 21.4. The summed E-state index contributed by atoms with van der Waals surface area (Å²) in [7, 11) is 1.71. The number of nitrogens with one attached hydrogen (secondary N) is 1. The molecule has 1 aliphatic heterocycles. The largest absolute Gasteiger partial charge is 0.383 e. The van der Waals surface area contributed by atoms with Gasteiger partial charge >= 0.3 is 0 Å². The molecule has 5 heterocycles. The van der Waals surface area contributed by atoms with Gasteiger partial charge in [0, 0.05) is 50.6 Å². The van der Waals surface area contributed by atoms with Crippen LogP contribution in [0.25, 0.3) is 27.9 Å². The minimum Gasteiger partial charge on any atom is -0.383 e. The zero-order chi connectivity index (χ0) is 24.5. The van der Waals surface area contributed by atoms with E-state index in [2.05, 4.69) is 30.8 Å². The predicted molar refractivity (Wildman–Crippen MR) is 138 cm³/mol. The number of aromatic nitrogens is 6. The molecule has 0 unspecified atom stereocenters. The molecule has 0 radical (unpaired) electrons. The fourth-order valence-electron chi connectivity index (χ4n) is 5.61. The zero-order valence-corrected chi connectivity index (χ0v) is 21.1. The van der Waals surface area contributed by atoms with Crippen molar-refractivity contribution in [3.8, 4) is 11.3 Å². The second-order valence-corrected chi connectivity index (χ2v) is 9.78. The van der Waals surface area contributed by atoms with Gasteiger partial charge in [-0.25, -0.2) is 19.5 Å². The molecule has 2 aliphatic rings. The first-order chi connectivity index (χ1) is 17.7. The Kier molecular flexibility index (Phi) is 6.56. The number of methoxy groups -OCH3 is 1. The monoisotopic (exact) mass is 490 g/mol. The molecular formula is C26H34N8O2. The van der Waals surface area contributed by atoms with E-state index in [4.69, 9.17) is 19.6 Å². The molecule has 1 aliphatic carbocycles. The van der Waals surface area contributed by atoms with Gasteiger partial charge < -0.3 is 19.4 Å². The van der Waals surface area contributed by atoms with Crippen molar-refractivity contribution in [2.24, 2.45) is 0 Å². The van der Waals surface area contributed by atoms with E-state index in [0.717, 1.165) is 79.5 Å². The maximum absolute atomic E-state index is 5.51. The molecule has 2 fully saturated rings. The Balaban J connectivity index is 1.17. The van der Waals surface area contributed by atoms with Crippen LogP contribution in [-0.2, 0) is 16.0 Å². The summed E-state index contributed by atoms with van der Waals surface area (Å²) in [6.07, 6.45) is 8.57. The van der Waals surface area contributed by atoms with Crippen molar-refractivity contribution in [1.82, 2.24) is 34.0 Å². The average molecular weight is 491 g/mol. The van der Waals surface area contributed by atoms with Crippen LogP contribution in [0.15, 0.2) is 30.6 Å². The van der Waals surface area contributed by atoms with Gasteiger partial charge in [0.1, 0.15) is 11.3 Å². The highest BCUT2D eigenvalue weighted by Gasteiger charge is 2.27. The number of hydrogen-bond donors (Lipinski definition) is 1. The second-order valence-electron chi connectivity index (χ2n) is 9.78. The van der Waals surface area contributed by atoms with Crippen LogP contribution in [0.5, 0.6) is 0 Å². The third-order valence-electron chi connectivity index (χ3n) is 7.59. The van der Waals surface area contributed by atoms with E-state index in [0.29, 0.717) is 24.6 Å². The lowest BCUT2D eigenvalue weighted by atomic mass is 9.90. The van der Waals surface area contributed by atoms with E-state index in [-0.39, 0.29) is 0 Å². The van der Waals surface area contributed by atoms with Gasteiger partial charge in [-0.3, -0.25) is 4.90 Å². The van der Waals surface area contributed by atoms with Gasteiger partial charge in [-0.2, -0.15) is 0 Å². The molecule has 0 amide bonds. The maximum atomic E-state index is 5.51. The number of fused-ring (bicyclic) bond motifs is 2. The zero-order valence-electron chi connectivity index (χ0n) is 21.1. The topological polar surface area (TPSA) is 94.6 Å². The van der Waals surface area contributed by atoms with E-state index < -0.39 is 0 Å². The first-order valence-electron chi connectivity index (χ1n) is 13.0. The van der Waals surface area contributed by atoms with Crippen LogP contribution in [0.4, 0.5) is 5.95 Å². The highest BCUT2D eigenvalue weighted by Crippen LogP contribution is 2.28. The van der Waals surface area contributed by atoms with Crippen LogP contribution >= 0.6 is 0 Å². The summed E-state index contributed by atoms with van der Waals surface area (Å²) in [6, 6.07) is 7.19. The summed E-state index contributed by atoms with van der Waals surface area (Å²) in [6.45, 7) is 7.20. The van der Waals surface area contributed by atoms with E-state index in [1.54, 1.807) is 7.11 Å². The summed E-state index contributed by atoms with van der Waals surface area (Å²) >= 11 is 0. The average Bonchev–Trinajstić information content (AvgIpc) is 3.47. The molecule has 6 rings (SSSR count). The van der Waals surface area contributed by atoms with Gasteiger partial charge in [-0.15, -0.1) is 5.10 Å². The van der Waals surface area contributed by atoms with Gasteiger partial charge in [-0.05, 0) is 50.8 Å². The minimum absolute atomic E-state index is 0.412. The van der Waals surface area contributed by atoms with Crippen LogP contribution < -0.4 is 5.32 Å². The maximum Gasteiger partial charge on any atom is 0.241 e. The molecule has 1 saturated carbocycles. The van der Waals surface area contributed by atoms with Crippen molar-refractivity contribution in [3.63, 3.8) is 0 Å². The number of pyridine rings is 1. The smallest absolute Gasteiger partial charge is 0.241 e. The van der Waals surface area contributed by atoms with Crippen molar-refractivity contribution in [3.05, 3.63) is 36.4 Å². The molecule has 10 nitrogen and oxygen atoms in total. The highest BCUT2D eigenvalue weighted by atomic mass is 16.5. The lowest BCUT2D eigenvalue weighted by Crippen LogP contribution is -2.46. The molecule has 36 heavy (non-hydrogen) atoms. The molecule has 10 heteroatoms. The Hall–Kier alpha value is -3.08. The third kappa shape index (κ3) is 4.56. The lowest BCUT2D eigenvalue weighted by molar-refractivity contribution is 0.00790. The third-order valence-corrected chi connectivity index (χ3v) is 7.59. The van der Waals surface area contributed by atoms with Crippen molar-refractivity contribution >= 4 is 22.6 Å². The van der Waals surface area contributed by atoms with E-state index in [1.165, 1.54) is 12.8 Å². The fourth-order valence-corrected chi connectivity index (χ4v) is 5.61. The SMILES string of the molecule is COCCn1c(C)nc2ccc(-c3ccn4nc(NC5CCC(N6CCOCC6)CC5)ncc34)nc21. The summed E-state index contributed by atoms with van der Waals surface area (Å²) in [4.78, 5) is 16.9. The van der Waals surface area contributed by atoms with E-state index >= 15 is 0 Å². The van der Waals surface area contributed by atoms with Crippen molar-refractivity contribution in [2.45, 2.75) is 51.2 Å². The van der Waals surface area contributed by atoms with Crippen LogP contribution in [0.2, 0.25) is 0 Å². The standard InChI is InChI=1S/C26H34N8O2/c1-18-28-23-8-7-22(30-25(23)33(18)13-14-35-2)21-9-10-34-24(21)17-27-26(31-34)29-19-3-5-20(6-4-19)32-11-15-36-16-12-32/h7-10,17,19-20H,3-6,11-16H2,1-2H3,(H,29,31). The lowest BCUT2D eigenvalue weighted by Gasteiger charge is -2.38. The van der Waals surface area contributed by atoms with E-state index in [1.807, 2.05) is 36.0 Å². The highest BCUT2D eigenvalue weighted by molar-refractivity contribution is 5.82. The molecular weight excluding hydrogens is 456 g/mol. The molecule has 1 saturated heterocycles. The Bertz CT molecular complexity index is 1330. The number of hydrogen-bond acceptors (Lipinski definition) is 8. The number of morpholine rings is 1. The van der Waals surface area contributed by atoms with Crippen LogP contribution in [0.1, 0.15) is 31.5 Å². The molecule has 0 bridgehead atoms. The van der Waals surface area contributed by atoms with Crippen LogP contribution in [-0.4, -0.2) is 86.1 Å². The van der Waals surface area contributed by atoms with Gasteiger partial charge in [-0.1, -0.05) is 0 Å².